The molecule has 0 amide bonds. The highest BCUT2D eigenvalue weighted by molar-refractivity contribution is 6.31. The molecular weight excluding hydrogens is 533 g/mol. The standard InChI is InChI=1S/C28H28ClF3N4O3/c1-7-20(35-26(33-6)27(4,5)38)21-13-22(16(2)14-34-21)36-17(3)11-23(24(29)25(36)37)39-15-18-9-8-10-19(12-18)28(30,31)32/h7-14,38H,1,15H2,2-6H3. The van der Waals surface area contributed by atoms with E-state index < -0.39 is 22.9 Å². The molecule has 11 heteroatoms. The van der Waals surface area contributed by atoms with Gasteiger partial charge < -0.3 is 9.84 Å². The lowest BCUT2D eigenvalue weighted by Crippen LogP contribution is -2.30. The predicted molar refractivity (Wildman–Crippen MR) is 146 cm³/mol. The number of aromatic nitrogens is 2. The zero-order valence-corrected chi connectivity index (χ0v) is 22.9. The summed E-state index contributed by atoms with van der Waals surface area (Å²) in [4.78, 5) is 26.2. The maximum absolute atomic E-state index is 13.3. The van der Waals surface area contributed by atoms with Gasteiger partial charge >= 0.3 is 6.18 Å². The van der Waals surface area contributed by atoms with Crippen LogP contribution in [0.3, 0.4) is 0 Å². The molecular formula is C28H28ClF3N4O3. The smallest absolute Gasteiger partial charge is 0.416 e. The molecule has 0 saturated carbocycles. The van der Waals surface area contributed by atoms with E-state index in [9.17, 15) is 23.1 Å². The maximum Gasteiger partial charge on any atom is 0.416 e. The Morgan fingerprint density at radius 1 is 1.23 bits per heavy atom. The average molecular weight is 561 g/mol. The third-order valence-electron chi connectivity index (χ3n) is 5.71. The molecule has 39 heavy (non-hydrogen) atoms. The fourth-order valence-electron chi connectivity index (χ4n) is 3.76. The first-order valence-corrected chi connectivity index (χ1v) is 12.1. The molecule has 1 aromatic carbocycles. The van der Waals surface area contributed by atoms with Crippen LogP contribution in [0.15, 0.2) is 70.0 Å². The molecule has 1 N–H and O–H groups in total. The molecule has 7 nitrogen and oxygen atoms in total. The first-order chi connectivity index (χ1) is 18.2. The molecule has 3 rings (SSSR count). The van der Waals surface area contributed by atoms with Crippen molar-refractivity contribution in [3.05, 3.63) is 98.7 Å². The highest BCUT2D eigenvalue weighted by Gasteiger charge is 2.30. The molecule has 0 fully saturated rings. The van der Waals surface area contributed by atoms with Gasteiger partial charge in [0, 0.05) is 25.0 Å². The first kappa shape index (κ1) is 29.8. The molecule has 3 aromatic rings. The lowest BCUT2D eigenvalue weighted by atomic mass is 10.1. The van der Waals surface area contributed by atoms with Crippen LogP contribution in [-0.4, -0.2) is 38.9 Å². The van der Waals surface area contributed by atoms with Crippen LogP contribution in [-0.2, 0) is 12.8 Å². The number of amidine groups is 1. The van der Waals surface area contributed by atoms with Crippen molar-refractivity contribution in [1.82, 2.24) is 9.55 Å². The van der Waals surface area contributed by atoms with Crippen molar-refractivity contribution in [3.63, 3.8) is 0 Å². The third-order valence-corrected chi connectivity index (χ3v) is 6.05. The quantitative estimate of drug-likeness (QED) is 0.289. The molecule has 0 unspecified atom stereocenters. The number of rotatable bonds is 7. The summed E-state index contributed by atoms with van der Waals surface area (Å²) in [5, 5.41) is 10.1. The van der Waals surface area contributed by atoms with Gasteiger partial charge in [0.2, 0.25) is 0 Å². The fourth-order valence-corrected chi connectivity index (χ4v) is 3.95. The van der Waals surface area contributed by atoms with Gasteiger partial charge in [-0.05, 0) is 63.1 Å². The average Bonchev–Trinajstić information content (AvgIpc) is 2.86. The Morgan fingerprint density at radius 2 is 1.92 bits per heavy atom. The van der Waals surface area contributed by atoms with E-state index >= 15 is 0 Å². The van der Waals surface area contributed by atoms with Gasteiger partial charge in [-0.15, -0.1) is 0 Å². The Hall–Kier alpha value is -3.76. The van der Waals surface area contributed by atoms with Crippen LogP contribution in [0.25, 0.3) is 5.69 Å². The summed E-state index contributed by atoms with van der Waals surface area (Å²) in [6, 6.07) is 7.90. The second kappa shape index (κ2) is 11.5. The molecule has 0 atom stereocenters. The highest BCUT2D eigenvalue weighted by Crippen LogP contribution is 2.30. The van der Waals surface area contributed by atoms with Gasteiger partial charge in [0.25, 0.3) is 5.56 Å². The molecule has 0 saturated heterocycles. The Balaban J connectivity index is 2.01. The zero-order chi connectivity index (χ0) is 29.1. The number of hydrogen-bond acceptors (Lipinski definition) is 5. The van der Waals surface area contributed by atoms with E-state index in [-0.39, 0.29) is 28.8 Å². The number of aliphatic imine (C=N–C) groups is 2. The van der Waals surface area contributed by atoms with Crippen LogP contribution in [0.5, 0.6) is 5.75 Å². The maximum atomic E-state index is 13.3. The number of aliphatic hydroxyl groups is 1. The summed E-state index contributed by atoms with van der Waals surface area (Å²) < 4.78 is 46.1. The van der Waals surface area contributed by atoms with E-state index in [1.54, 1.807) is 40.0 Å². The Morgan fingerprint density at radius 3 is 2.51 bits per heavy atom. The number of halogens is 4. The number of hydrogen-bond donors (Lipinski definition) is 1. The lowest BCUT2D eigenvalue weighted by Gasteiger charge is -2.18. The normalized spacial score (nSPS) is 13.0. The van der Waals surface area contributed by atoms with E-state index in [1.165, 1.54) is 35.9 Å². The number of nitrogens with zero attached hydrogens (tertiary/aromatic N) is 4. The molecule has 206 valence electrons. The topological polar surface area (TPSA) is 89.1 Å². The highest BCUT2D eigenvalue weighted by atomic mass is 35.5. The molecule has 0 aliphatic heterocycles. The van der Waals surface area contributed by atoms with Crippen molar-refractivity contribution in [2.45, 2.75) is 46.1 Å². The van der Waals surface area contributed by atoms with Gasteiger partial charge in [-0.25, -0.2) is 4.99 Å². The number of aryl methyl sites for hydroxylation is 2. The second-order valence-corrected chi connectivity index (χ2v) is 9.63. The van der Waals surface area contributed by atoms with Gasteiger partial charge in [-0.2, -0.15) is 13.2 Å². The van der Waals surface area contributed by atoms with Gasteiger partial charge in [0.05, 0.1) is 22.7 Å². The number of alkyl halides is 3. The van der Waals surface area contributed by atoms with Crippen molar-refractivity contribution in [1.29, 1.82) is 0 Å². The molecule has 0 bridgehead atoms. The first-order valence-electron chi connectivity index (χ1n) is 11.8. The van der Waals surface area contributed by atoms with Crippen molar-refractivity contribution in [2.24, 2.45) is 9.98 Å². The van der Waals surface area contributed by atoms with Crippen molar-refractivity contribution in [2.75, 3.05) is 7.05 Å². The largest absolute Gasteiger partial charge is 0.487 e. The third kappa shape index (κ3) is 6.82. The van der Waals surface area contributed by atoms with Gasteiger partial charge in [-0.3, -0.25) is 19.3 Å². The lowest BCUT2D eigenvalue weighted by molar-refractivity contribution is -0.137. The van der Waals surface area contributed by atoms with Gasteiger partial charge in [0.15, 0.2) is 5.84 Å². The molecule has 0 spiro atoms. The second-order valence-electron chi connectivity index (χ2n) is 9.25. The SMILES string of the molecule is C=CC(=NC(=NC)C(C)(C)O)c1cc(-n2c(C)cc(OCc3cccc(C(F)(F)F)c3)c(Cl)c2=O)c(C)cn1. The van der Waals surface area contributed by atoms with Crippen molar-refractivity contribution < 1.29 is 23.0 Å². The van der Waals surface area contributed by atoms with Crippen LogP contribution in [0.2, 0.25) is 5.02 Å². The van der Waals surface area contributed by atoms with Crippen molar-refractivity contribution >= 4 is 23.1 Å². The van der Waals surface area contributed by atoms with Crippen LogP contribution < -0.4 is 10.3 Å². The summed E-state index contributed by atoms with van der Waals surface area (Å²) in [6.45, 7) is 10.1. The minimum atomic E-state index is -4.48. The van der Waals surface area contributed by atoms with E-state index in [0.717, 1.165) is 12.1 Å². The summed E-state index contributed by atoms with van der Waals surface area (Å²) in [7, 11) is 1.51. The molecule has 0 aliphatic carbocycles. The van der Waals surface area contributed by atoms with Gasteiger partial charge in [0.1, 0.15) is 23.0 Å². The molecule has 2 aromatic heterocycles. The molecule has 0 radical (unpaired) electrons. The van der Waals surface area contributed by atoms with Crippen LogP contribution in [0, 0.1) is 13.8 Å². The minimum absolute atomic E-state index is 0.0436. The Bertz CT molecular complexity index is 1520. The number of allylic oxidation sites excluding steroid dienone is 1. The summed E-state index contributed by atoms with van der Waals surface area (Å²) >= 11 is 6.37. The summed E-state index contributed by atoms with van der Waals surface area (Å²) in [6.07, 6.45) is -1.46. The minimum Gasteiger partial charge on any atom is -0.487 e. The Kier molecular flexibility index (Phi) is 8.82. The fraction of sp³-hybridized carbons (Fsp3) is 0.286. The number of ether oxygens (including phenoxy) is 1. The number of pyridine rings is 2. The Labute approximate surface area is 229 Å². The zero-order valence-electron chi connectivity index (χ0n) is 22.1. The monoisotopic (exact) mass is 560 g/mol. The number of benzene rings is 1. The van der Waals surface area contributed by atoms with Crippen LogP contribution >= 0.6 is 11.6 Å². The summed E-state index contributed by atoms with van der Waals surface area (Å²) in [5.74, 6) is 0.210. The predicted octanol–water partition coefficient (Wildman–Crippen LogP) is 5.87. The van der Waals surface area contributed by atoms with Crippen molar-refractivity contribution in [3.8, 4) is 11.4 Å². The van der Waals surface area contributed by atoms with E-state index in [0.29, 0.717) is 28.4 Å². The van der Waals surface area contributed by atoms with Crippen LogP contribution in [0.1, 0.15) is 41.9 Å². The van der Waals surface area contributed by atoms with Crippen LogP contribution in [0.4, 0.5) is 13.2 Å². The van der Waals surface area contributed by atoms with E-state index in [2.05, 4.69) is 21.5 Å². The van der Waals surface area contributed by atoms with E-state index in [4.69, 9.17) is 16.3 Å². The molecule has 2 heterocycles. The summed E-state index contributed by atoms with van der Waals surface area (Å²) in [5.41, 5.74) is -0.105. The van der Waals surface area contributed by atoms with E-state index in [1.807, 2.05) is 0 Å². The molecule has 0 aliphatic rings. The van der Waals surface area contributed by atoms with Gasteiger partial charge in [-0.1, -0.05) is 30.3 Å².